The molecule has 1 aromatic heterocycles. The molecular formula is C23H30N4O3S. The third-order valence-corrected chi connectivity index (χ3v) is 8.09. The van der Waals surface area contributed by atoms with E-state index in [0.717, 1.165) is 45.2 Å². The van der Waals surface area contributed by atoms with Crippen LogP contribution in [0.1, 0.15) is 51.6 Å². The zero-order valence-electron chi connectivity index (χ0n) is 18.2. The Kier molecular flexibility index (Phi) is 6.35. The van der Waals surface area contributed by atoms with E-state index < -0.39 is 10.0 Å². The highest BCUT2D eigenvalue weighted by Crippen LogP contribution is 2.33. The van der Waals surface area contributed by atoms with E-state index in [4.69, 9.17) is 4.42 Å². The molecular weight excluding hydrogens is 412 g/mol. The number of nitrogens with zero attached hydrogens (tertiary/aromatic N) is 4. The molecule has 0 aliphatic carbocycles. The number of rotatable bonds is 4. The van der Waals surface area contributed by atoms with Crippen molar-refractivity contribution in [1.82, 2.24) is 9.29 Å². The zero-order chi connectivity index (χ0) is 22.0. The Hall–Kier alpha value is -2.37. The zero-order valence-corrected chi connectivity index (χ0v) is 19.1. The molecule has 2 fully saturated rings. The number of sulfonamides is 1. The first-order valence-corrected chi connectivity index (χ1v) is 12.6. The lowest BCUT2D eigenvalue weighted by molar-refractivity contribution is 0.344. The van der Waals surface area contributed by atoms with Gasteiger partial charge >= 0.3 is 0 Å². The standard InChI is InChI=1S/C23H30N4O3S/c1-17-13-18(2)16-26(15-17)23-21(14-24)25-22(30-23)19-7-9-20(10-8-19)31(28,29)27-11-5-3-4-6-12-27/h7-10,17-18H,3-6,11-13,15-16H2,1-2H3. The number of hydrogen-bond donors (Lipinski definition) is 0. The van der Waals surface area contributed by atoms with Gasteiger partial charge in [-0.1, -0.05) is 26.7 Å². The minimum atomic E-state index is -3.50. The Morgan fingerprint density at radius 1 is 1.03 bits per heavy atom. The van der Waals surface area contributed by atoms with Crippen molar-refractivity contribution in [3.05, 3.63) is 30.0 Å². The Morgan fingerprint density at radius 3 is 2.23 bits per heavy atom. The summed E-state index contributed by atoms with van der Waals surface area (Å²) >= 11 is 0. The van der Waals surface area contributed by atoms with Crippen LogP contribution in [-0.2, 0) is 10.0 Å². The van der Waals surface area contributed by atoms with Crippen molar-refractivity contribution >= 4 is 15.9 Å². The van der Waals surface area contributed by atoms with Gasteiger partial charge in [-0.15, -0.1) is 0 Å². The van der Waals surface area contributed by atoms with Crippen molar-refractivity contribution < 1.29 is 12.8 Å². The molecule has 166 valence electrons. The fraction of sp³-hybridized carbons (Fsp3) is 0.565. The Morgan fingerprint density at radius 2 is 1.65 bits per heavy atom. The van der Waals surface area contributed by atoms with Crippen LogP contribution < -0.4 is 4.90 Å². The van der Waals surface area contributed by atoms with E-state index in [1.165, 1.54) is 0 Å². The number of piperidine rings is 1. The van der Waals surface area contributed by atoms with Gasteiger partial charge in [-0.25, -0.2) is 8.42 Å². The molecule has 2 aliphatic rings. The van der Waals surface area contributed by atoms with Crippen LogP contribution in [0.2, 0.25) is 0 Å². The number of benzene rings is 1. The number of oxazole rings is 1. The molecule has 31 heavy (non-hydrogen) atoms. The molecule has 2 unspecified atom stereocenters. The van der Waals surface area contributed by atoms with Gasteiger partial charge in [0.1, 0.15) is 6.07 Å². The molecule has 4 rings (SSSR count). The number of anilines is 1. The molecule has 8 heteroatoms. The van der Waals surface area contributed by atoms with E-state index in [1.54, 1.807) is 28.6 Å². The fourth-order valence-electron chi connectivity index (χ4n) is 4.75. The summed E-state index contributed by atoms with van der Waals surface area (Å²) in [5.74, 6) is 1.90. The predicted molar refractivity (Wildman–Crippen MR) is 119 cm³/mol. The lowest BCUT2D eigenvalue weighted by Crippen LogP contribution is -2.38. The van der Waals surface area contributed by atoms with Gasteiger partial charge in [0.25, 0.3) is 0 Å². The van der Waals surface area contributed by atoms with Gasteiger partial charge in [0.15, 0.2) is 0 Å². The van der Waals surface area contributed by atoms with Gasteiger partial charge in [-0.05, 0) is 55.4 Å². The van der Waals surface area contributed by atoms with Gasteiger partial charge in [-0.2, -0.15) is 14.6 Å². The molecule has 2 aromatic rings. The quantitative estimate of drug-likeness (QED) is 0.703. The van der Waals surface area contributed by atoms with Crippen LogP contribution >= 0.6 is 0 Å². The van der Waals surface area contributed by atoms with Crippen molar-refractivity contribution in [2.24, 2.45) is 11.8 Å². The molecule has 2 aliphatic heterocycles. The molecule has 7 nitrogen and oxygen atoms in total. The summed E-state index contributed by atoms with van der Waals surface area (Å²) in [6.45, 7) is 7.23. The van der Waals surface area contributed by atoms with E-state index in [-0.39, 0.29) is 10.6 Å². The third-order valence-electron chi connectivity index (χ3n) is 6.18. The first kappa shape index (κ1) is 21.8. The maximum Gasteiger partial charge on any atom is 0.243 e. The highest BCUT2D eigenvalue weighted by Gasteiger charge is 2.28. The molecule has 1 aromatic carbocycles. The molecule has 2 saturated heterocycles. The van der Waals surface area contributed by atoms with Gasteiger partial charge in [0, 0.05) is 31.7 Å². The second-order valence-corrected chi connectivity index (χ2v) is 10.9. The average molecular weight is 443 g/mol. The monoisotopic (exact) mass is 442 g/mol. The molecule has 0 radical (unpaired) electrons. The smallest absolute Gasteiger partial charge is 0.243 e. The second kappa shape index (κ2) is 9.01. The van der Waals surface area contributed by atoms with Crippen molar-refractivity contribution in [2.75, 3.05) is 31.1 Å². The van der Waals surface area contributed by atoms with Gasteiger partial charge in [0.05, 0.1) is 4.90 Å². The lowest BCUT2D eigenvalue weighted by atomic mass is 9.92. The van der Waals surface area contributed by atoms with E-state index in [2.05, 4.69) is 29.8 Å². The second-order valence-electron chi connectivity index (χ2n) is 8.98. The van der Waals surface area contributed by atoms with Crippen LogP contribution in [-0.4, -0.2) is 43.9 Å². The summed E-state index contributed by atoms with van der Waals surface area (Å²) in [6.07, 6.45) is 5.12. The van der Waals surface area contributed by atoms with Gasteiger partial charge in [0.2, 0.25) is 27.5 Å². The number of aromatic nitrogens is 1. The van der Waals surface area contributed by atoms with Crippen LogP contribution in [0.4, 0.5) is 5.88 Å². The number of hydrogen-bond acceptors (Lipinski definition) is 6. The van der Waals surface area contributed by atoms with Crippen LogP contribution in [0, 0.1) is 23.2 Å². The van der Waals surface area contributed by atoms with Crippen molar-refractivity contribution in [2.45, 2.75) is 50.8 Å². The maximum atomic E-state index is 13.0. The van der Waals surface area contributed by atoms with E-state index in [0.29, 0.717) is 42.3 Å². The summed E-state index contributed by atoms with van der Waals surface area (Å²) in [5, 5.41) is 9.58. The Labute approximate surface area is 184 Å². The Balaban J connectivity index is 1.58. The number of nitriles is 1. The SMILES string of the molecule is CC1CC(C)CN(c2oc(-c3ccc(S(=O)(=O)N4CCCCCC4)cc3)nc2C#N)C1. The summed E-state index contributed by atoms with van der Waals surface area (Å²) < 4.78 is 33.6. The van der Waals surface area contributed by atoms with Crippen molar-refractivity contribution in [3.8, 4) is 17.5 Å². The molecule has 0 bridgehead atoms. The Bertz CT molecular complexity index is 1040. The normalized spacial score (nSPS) is 23.3. The van der Waals surface area contributed by atoms with E-state index in [1.807, 2.05) is 0 Å². The minimum Gasteiger partial charge on any atom is -0.419 e. The largest absolute Gasteiger partial charge is 0.419 e. The lowest BCUT2D eigenvalue weighted by Gasteiger charge is -2.34. The summed E-state index contributed by atoms with van der Waals surface area (Å²) in [4.78, 5) is 6.77. The first-order chi connectivity index (χ1) is 14.9. The van der Waals surface area contributed by atoms with Gasteiger partial charge < -0.3 is 9.32 Å². The molecule has 0 saturated carbocycles. The topological polar surface area (TPSA) is 90.4 Å². The van der Waals surface area contributed by atoms with Gasteiger partial charge in [-0.3, -0.25) is 0 Å². The van der Waals surface area contributed by atoms with Crippen LogP contribution in [0.25, 0.3) is 11.5 Å². The van der Waals surface area contributed by atoms with Crippen LogP contribution in [0.15, 0.2) is 33.6 Å². The minimum absolute atomic E-state index is 0.276. The maximum absolute atomic E-state index is 13.0. The highest BCUT2D eigenvalue weighted by atomic mass is 32.2. The van der Waals surface area contributed by atoms with Crippen molar-refractivity contribution in [1.29, 1.82) is 5.26 Å². The molecule has 0 N–H and O–H groups in total. The highest BCUT2D eigenvalue weighted by molar-refractivity contribution is 7.89. The van der Waals surface area contributed by atoms with Crippen LogP contribution in [0.5, 0.6) is 0 Å². The fourth-order valence-corrected chi connectivity index (χ4v) is 6.27. The molecule has 2 atom stereocenters. The average Bonchev–Trinajstić information content (AvgIpc) is 2.98. The summed E-state index contributed by atoms with van der Waals surface area (Å²) in [5.41, 5.74) is 0.938. The molecule has 0 spiro atoms. The van der Waals surface area contributed by atoms with Crippen LogP contribution in [0.3, 0.4) is 0 Å². The summed E-state index contributed by atoms with van der Waals surface area (Å²) in [7, 11) is -3.50. The third kappa shape index (κ3) is 4.63. The summed E-state index contributed by atoms with van der Waals surface area (Å²) in [6, 6.07) is 8.79. The predicted octanol–water partition coefficient (Wildman–Crippen LogP) is 4.26. The molecule has 3 heterocycles. The molecule has 0 amide bonds. The van der Waals surface area contributed by atoms with E-state index >= 15 is 0 Å². The van der Waals surface area contributed by atoms with E-state index in [9.17, 15) is 13.7 Å². The first-order valence-electron chi connectivity index (χ1n) is 11.1. The van der Waals surface area contributed by atoms with Crippen molar-refractivity contribution in [3.63, 3.8) is 0 Å².